The van der Waals surface area contributed by atoms with Gasteiger partial charge in [-0.1, -0.05) is 18.7 Å². The van der Waals surface area contributed by atoms with Crippen molar-refractivity contribution in [1.29, 1.82) is 0 Å². The highest BCUT2D eigenvalue weighted by molar-refractivity contribution is 5.95. The molecule has 0 aliphatic rings. The third-order valence-electron chi connectivity index (χ3n) is 2.63. The van der Waals surface area contributed by atoms with Gasteiger partial charge in [0.1, 0.15) is 0 Å². The van der Waals surface area contributed by atoms with Crippen molar-refractivity contribution in [1.82, 2.24) is 0 Å². The maximum atomic E-state index is 12.4. The third-order valence-corrected chi connectivity index (χ3v) is 2.63. The maximum absolute atomic E-state index is 12.4. The van der Waals surface area contributed by atoms with Crippen LogP contribution in [0.5, 0.6) is 0 Å². The second-order valence-electron chi connectivity index (χ2n) is 4.14. The van der Waals surface area contributed by atoms with Crippen molar-refractivity contribution in [2.45, 2.75) is 19.0 Å². The maximum Gasteiger partial charge on any atom is 0.416 e. The number of halogens is 3. The number of alkyl halides is 3. The Morgan fingerprint density at radius 3 is 2.32 bits per heavy atom. The number of carbonyl (C=O) groups excluding carboxylic acids is 1. The van der Waals surface area contributed by atoms with Crippen LogP contribution in [-0.4, -0.2) is 19.5 Å². The Morgan fingerprint density at radius 1 is 1.26 bits per heavy atom. The zero-order chi connectivity index (χ0) is 14.5. The SMILES string of the molecule is C=C(Cc1ccc(C(F)(F)F)cc1)C(=O)CCOC. The summed E-state index contributed by atoms with van der Waals surface area (Å²) in [5, 5.41) is 0. The highest BCUT2D eigenvalue weighted by Gasteiger charge is 2.29. The van der Waals surface area contributed by atoms with Crippen LogP contribution in [0.3, 0.4) is 0 Å². The van der Waals surface area contributed by atoms with E-state index in [1.54, 1.807) is 0 Å². The Bertz CT molecular complexity index is 447. The van der Waals surface area contributed by atoms with Gasteiger partial charge in [0.25, 0.3) is 0 Å². The molecule has 104 valence electrons. The van der Waals surface area contributed by atoms with Crippen LogP contribution in [-0.2, 0) is 22.1 Å². The lowest BCUT2D eigenvalue weighted by Crippen LogP contribution is -2.08. The first kappa shape index (κ1) is 15.4. The van der Waals surface area contributed by atoms with Gasteiger partial charge in [-0.2, -0.15) is 13.2 Å². The van der Waals surface area contributed by atoms with Gasteiger partial charge < -0.3 is 4.74 Å². The molecular weight excluding hydrogens is 257 g/mol. The normalized spacial score (nSPS) is 11.4. The molecule has 0 amide bonds. The number of Topliss-reactive ketones (excluding diaryl/α,β-unsaturated/α-hetero) is 1. The van der Waals surface area contributed by atoms with Crippen LogP contribution < -0.4 is 0 Å². The number of carbonyl (C=O) groups is 1. The molecule has 0 saturated carbocycles. The summed E-state index contributed by atoms with van der Waals surface area (Å²) < 4.78 is 41.9. The van der Waals surface area contributed by atoms with E-state index in [1.807, 2.05) is 0 Å². The molecule has 0 spiro atoms. The third kappa shape index (κ3) is 4.87. The Balaban J connectivity index is 2.63. The average Bonchev–Trinajstić information content (AvgIpc) is 2.35. The molecule has 1 aromatic carbocycles. The minimum atomic E-state index is -4.34. The lowest BCUT2D eigenvalue weighted by atomic mass is 10.0. The minimum Gasteiger partial charge on any atom is -0.384 e. The molecule has 0 aromatic heterocycles. The number of hydrogen-bond acceptors (Lipinski definition) is 2. The van der Waals surface area contributed by atoms with Gasteiger partial charge in [0.15, 0.2) is 5.78 Å². The Kier molecular flexibility index (Phi) is 5.30. The highest BCUT2D eigenvalue weighted by Crippen LogP contribution is 2.29. The molecule has 0 bridgehead atoms. The molecule has 19 heavy (non-hydrogen) atoms. The number of ketones is 1. The van der Waals surface area contributed by atoms with E-state index in [0.29, 0.717) is 17.7 Å². The highest BCUT2D eigenvalue weighted by atomic mass is 19.4. The summed E-state index contributed by atoms with van der Waals surface area (Å²) in [7, 11) is 1.49. The van der Waals surface area contributed by atoms with Crippen molar-refractivity contribution in [3.05, 3.63) is 47.5 Å². The zero-order valence-electron chi connectivity index (χ0n) is 10.6. The lowest BCUT2D eigenvalue weighted by Gasteiger charge is -2.08. The molecule has 0 saturated heterocycles. The summed E-state index contributed by atoms with van der Waals surface area (Å²) in [5.74, 6) is -0.137. The summed E-state index contributed by atoms with van der Waals surface area (Å²) in [6.45, 7) is 3.96. The van der Waals surface area contributed by atoms with Gasteiger partial charge in [0, 0.05) is 20.0 Å². The van der Waals surface area contributed by atoms with E-state index in [4.69, 9.17) is 4.74 Å². The fourth-order valence-electron chi connectivity index (χ4n) is 1.53. The minimum absolute atomic E-state index is 0.137. The number of allylic oxidation sites excluding steroid dienone is 1. The van der Waals surface area contributed by atoms with E-state index >= 15 is 0 Å². The second kappa shape index (κ2) is 6.52. The standard InChI is InChI=1S/C14H15F3O2/c1-10(13(18)7-8-19-2)9-11-3-5-12(6-4-11)14(15,16)17/h3-6H,1,7-9H2,2H3. The van der Waals surface area contributed by atoms with Crippen LogP contribution in [0.4, 0.5) is 13.2 Å². The Labute approximate surface area is 109 Å². The van der Waals surface area contributed by atoms with Gasteiger partial charge in [0.2, 0.25) is 0 Å². The number of ether oxygens (including phenoxy) is 1. The fraction of sp³-hybridized carbons (Fsp3) is 0.357. The summed E-state index contributed by atoms with van der Waals surface area (Å²) in [6, 6.07) is 4.72. The van der Waals surface area contributed by atoms with Crippen molar-refractivity contribution < 1.29 is 22.7 Å². The first-order valence-corrected chi connectivity index (χ1v) is 5.70. The van der Waals surface area contributed by atoms with Crippen LogP contribution >= 0.6 is 0 Å². The topological polar surface area (TPSA) is 26.3 Å². The van der Waals surface area contributed by atoms with Gasteiger partial charge in [-0.25, -0.2) is 0 Å². The predicted molar refractivity (Wildman–Crippen MR) is 65.8 cm³/mol. The molecule has 5 heteroatoms. The van der Waals surface area contributed by atoms with E-state index < -0.39 is 11.7 Å². The fourth-order valence-corrected chi connectivity index (χ4v) is 1.53. The molecular formula is C14H15F3O2. The quantitative estimate of drug-likeness (QED) is 0.742. The zero-order valence-corrected chi connectivity index (χ0v) is 10.6. The number of hydrogen-bond donors (Lipinski definition) is 0. The van der Waals surface area contributed by atoms with Crippen LogP contribution in [0.25, 0.3) is 0 Å². The molecule has 0 N–H and O–H groups in total. The van der Waals surface area contributed by atoms with Gasteiger partial charge >= 0.3 is 6.18 Å². The van der Waals surface area contributed by atoms with E-state index in [2.05, 4.69) is 6.58 Å². The summed E-state index contributed by atoms with van der Waals surface area (Å²) >= 11 is 0. The van der Waals surface area contributed by atoms with E-state index in [1.165, 1.54) is 19.2 Å². The van der Waals surface area contributed by atoms with E-state index in [0.717, 1.165) is 12.1 Å². The van der Waals surface area contributed by atoms with Crippen LogP contribution in [0.1, 0.15) is 17.5 Å². The molecule has 2 nitrogen and oxygen atoms in total. The van der Waals surface area contributed by atoms with Crippen molar-refractivity contribution in [3.8, 4) is 0 Å². The van der Waals surface area contributed by atoms with Gasteiger partial charge in [-0.3, -0.25) is 4.79 Å². The predicted octanol–water partition coefficient (Wildman–Crippen LogP) is 3.41. The van der Waals surface area contributed by atoms with Gasteiger partial charge in [-0.05, 0) is 23.3 Å². The molecule has 0 heterocycles. The first-order chi connectivity index (χ1) is 8.84. The molecule has 0 aliphatic carbocycles. The molecule has 0 fully saturated rings. The molecule has 1 rings (SSSR count). The van der Waals surface area contributed by atoms with Crippen LogP contribution in [0.15, 0.2) is 36.4 Å². The summed E-state index contributed by atoms with van der Waals surface area (Å²) in [4.78, 5) is 11.6. The van der Waals surface area contributed by atoms with Crippen LogP contribution in [0, 0.1) is 0 Å². The molecule has 1 aromatic rings. The second-order valence-corrected chi connectivity index (χ2v) is 4.14. The lowest BCUT2D eigenvalue weighted by molar-refractivity contribution is -0.137. The van der Waals surface area contributed by atoms with Crippen molar-refractivity contribution in [3.63, 3.8) is 0 Å². The van der Waals surface area contributed by atoms with Gasteiger partial charge in [0.05, 0.1) is 12.2 Å². The van der Waals surface area contributed by atoms with Gasteiger partial charge in [-0.15, -0.1) is 0 Å². The number of rotatable bonds is 6. The smallest absolute Gasteiger partial charge is 0.384 e. The van der Waals surface area contributed by atoms with Crippen molar-refractivity contribution in [2.75, 3.05) is 13.7 Å². The van der Waals surface area contributed by atoms with E-state index in [9.17, 15) is 18.0 Å². The monoisotopic (exact) mass is 272 g/mol. The van der Waals surface area contributed by atoms with Crippen molar-refractivity contribution >= 4 is 5.78 Å². The molecule has 0 aliphatic heterocycles. The molecule has 0 atom stereocenters. The largest absolute Gasteiger partial charge is 0.416 e. The number of methoxy groups -OCH3 is 1. The van der Waals surface area contributed by atoms with Crippen LogP contribution in [0.2, 0.25) is 0 Å². The van der Waals surface area contributed by atoms with E-state index in [-0.39, 0.29) is 18.6 Å². The Morgan fingerprint density at radius 2 is 1.84 bits per heavy atom. The first-order valence-electron chi connectivity index (χ1n) is 5.70. The average molecular weight is 272 g/mol. The summed E-state index contributed by atoms with van der Waals surface area (Å²) in [6.07, 6.45) is -3.86. The molecule has 0 radical (unpaired) electrons. The molecule has 0 unspecified atom stereocenters. The number of benzene rings is 1. The van der Waals surface area contributed by atoms with Crippen molar-refractivity contribution in [2.24, 2.45) is 0 Å². The summed E-state index contributed by atoms with van der Waals surface area (Å²) in [5.41, 5.74) is 0.299. The Hall–Kier alpha value is -1.62.